The van der Waals surface area contributed by atoms with Crippen molar-refractivity contribution in [1.82, 2.24) is 15.2 Å². The minimum atomic E-state index is -0.612. The summed E-state index contributed by atoms with van der Waals surface area (Å²) in [6.45, 7) is 0.969. The topological polar surface area (TPSA) is 91.5 Å². The number of amides is 2. The largest absolute Gasteiger partial charge is 0.377 e. The highest BCUT2D eigenvalue weighted by molar-refractivity contribution is 5.97. The Labute approximate surface area is 121 Å². The Morgan fingerprint density at radius 1 is 1.33 bits per heavy atom. The third kappa shape index (κ3) is 3.13. The minimum absolute atomic E-state index is 0.171. The summed E-state index contributed by atoms with van der Waals surface area (Å²) in [7, 11) is 0. The van der Waals surface area contributed by atoms with Crippen LogP contribution in [0, 0.1) is 0 Å². The second kappa shape index (κ2) is 5.69. The van der Waals surface area contributed by atoms with Crippen molar-refractivity contribution in [3.8, 4) is 0 Å². The normalized spacial score (nSPS) is 21.9. The maximum Gasteiger partial charge on any atom is 0.256 e. The number of aromatic amines is 1. The lowest BCUT2D eigenvalue weighted by Crippen LogP contribution is -2.56. The molecule has 2 fully saturated rings. The second-order valence-corrected chi connectivity index (χ2v) is 5.31. The standard InChI is InChI=1S/C14H17N3O4/c18-12-4-1-9(7-15-12)14(20)17-5-6-21-8-11(17)13(19)16-10-2-3-10/h1,4,7,10-11H,2-3,5-6,8H2,(H,15,18)(H,16,19). The highest BCUT2D eigenvalue weighted by Gasteiger charge is 2.35. The Morgan fingerprint density at radius 2 is 2.14 bits per heavy atom. The number of nitrogens with one attached hydrogen (secondary N) is 2. The van der Waals surface area contributed by atoms with Crippen LogP contribution in [0.25, 0.3) is 0 Å². The van der Waals surface area contributed by atoms with E-state index in [0.717, 1.165) is 12.8 Å². The zero-order valence-corrected chi connectivity index (χ0v) is 11.5. The van der Waals surface area contributed by atoms with Crippen LogP contribution in [0.15, 0.2) is 23.1 Å². The van der Waals surface area contributed by atoms with Gasteiger partial charge in [-0.05, 0) is 18.9 Å². The molecule has 0 spiro atoms. The molecule has 7 heteroatoms. The van der Waals surface area contributed by atoms with Crippen molar-refractivity contribution < 1.29 is 14.3 Å². The van der Waals surface area contributed by atoms with Crippen LogP contribution >= 0.6 is 0 Å². The predicted molar refractivity (Wildman–Crippen MR) is 73.9 cm³/mol. The Kier molecular flexibility index (Phi) is 3.74. The van der Waals surface area contributed by atoms with E-state index in [-0.39, 0.29) is 30.0 Å². The maximum atomic E-state index is 12.5. The highest BCUT2D eigenvalue weighted by atomic mass is 16.5. The number of morpholine rings is 1. The molecule has 2 N–H and O–H groups in total. The molecule has 3 rings (SSSR count). The van der Waals surface area contributed by atoms with Crippen LogP contribution in [0.2, 0.25) is 0 Å². The van der Waals surface area contributed by atoms with Crippen LogP contribution < -0.4 is 10.9 Å². The summed E-state index contributed by atoms with van der Waals surface area (Å²) in [6.07, 6.45) is 3.36. The fraction of sp³-hybridized carbons (Fsp3) is 0.500. The first-order chi connectivity index (χ1) is 10.1. The molecule has 0 bridgehead atoms. The zero-order chi connectivity index (χ0) is 14.8. The molecular weight excluding hydrogens is 274 g/mol. The Bertz CT molecular complexity index is 588. The van der Waals surface area contributed by atoms with Gasteiger partial charge in [-0.1, -0.05) is 0 Å². The van der Waals surface area contributed by atoms with Crippen molar-refractivity contribution >= 4 is 11.8 Å². The van der Waals surface area contributed by atoms with E-state index in [1.165, 1.54) is 23.2 Å². The summed E-state index contributed by atoms with van der Waals surface area (Å²) in [6, 6.07) is 2.39. The van der Waals surface area contributed by atoms with Gasteiger partial charge in [-0.2, -0.15) is 0 Å². The Hall–Kier alpha value is -2.15. The molecule has 2 aliphatic rings. The predicted octanol–water partition coefficient (Wildman–Crippen LogP) is -0.505. The van der Waals surface area contributed by atoms with Crippen molar-refractivity contribution in [1.29, 1.82) is 0 Å². The number of carbonyl (C=O) groups excluding carboxylic acids is 2. The molecule has 0 radical (unpaired) electrons. The molecule has 1 aromatic heterocycles. The Balaban J connectivity index is 1.76. The van der Waals surface area contributed by atoms with Crippen molar-refractivity contribution in [2.75, 3.05) is 19.8 Å². The smallest absolute Gasteiger partial charge is 0.256 e. The first kappa shape index (κ1) is 13.8. The van der Waals surface area contributed by atoms with Crippen LogP contribution in [0.4, 0.5) is 0 Å². The summed E-state index contributed by atoms with van der Waals surface area (Å²) in [5.41, 5.74) is 0.0947. The van der Waals surface area contributed by atoms with Gasteiger partial charge in [0.05, 0.1) is 18.8 Å². The average Bonchev–Trinajstić information content (AvgIpc) is 3.31. The van der Waals surface area contributed by atoms with Gasteiger partial charge < -0.3 is 19.9 Å². The van der Waals surface area contributed by atoms with E-state index in [0.29, 0.717) is 18.7 Å². The Morgan fingerprint density at radius 3 is 2.81 bits per heavy atom. The lowest BCUT2D eigenvalue weighted by molar-refractivity contribution is -0.130. The molecule has 2 heterocycles. The molecule has 0 aromatic carbocycles. The van der Waals surface area contributed by atoms with E-state index in [9.17, 15) is 14.4 Å². The zero-order valence-electron chi connectivity index (χ0n) is 11.5. The molecular formula is C14H17N3O4. The van der Waals surface area contributed by atoms with Gasteiger partial charge in [-0.25, -0.2) is 0 Å². The third-order valence-electron chi connectivity index (χ3n) is 3.65. The van der Waals surface area contributed by atoms with Crippen LogP contribution in [-0.2, 0) is 9.53 Å². The molecule has 1 aromatic rings. The van der Waals surface area contributed by atoms with Gasteiger partial charge in [0.2, 0.25) is 11.5 Å². The van der Waals surface area contributed by atoms with Gasteiger partial charge >= 0.3 is 0 Å². The van der Waals surface area contributed by atoms with Crippen LogP contribution in [0.3, 0.4) is 0 Å². The summed E-state index contributed by atoms with van der Waals surface area (Å²) >= 11 is 0. The summed E-state index contributed by atoms with van der Waals surface area (Å²) in [5.74, 6) is -0.444. The molecule has 1 atom stereocenters. The summed E-state index contributed by atoms with van der Waals surface area (Å²) < 4.78 is 5.33. The molecule has 2 amide bonds. The van der Waals surface area contributed by atoms with Crippen LogP contribution in [0.1, 0.15) is 23.2 Å². The monoisotopic (exact) mass is 291 g/mol. The number of H-pyrrole nitrogens is 1. The van der Waals surface area contributed by atoms with Gasteiger partial charge in [0.1, 0.15) is 6.04 Å². The number of ether oxygens (including phenoxy) is 1. The van der Waals surface area contributed by atoms with Gasteiger partial charge in [0, 0.05) is 24.8 Å². The van der Waals surface area contributed by atoms with E-state index in [1.807, 2.05) is 0 Å². The average molecular weight is 291 g/mol. The molecule has 1 unspecified atom stereocenters. The van der Waals surface area contributed by atoms with E-state index in [2.05, 4.69) is 10.3 Å². The van der Waals surface area contributed by atoms with Crippen molar-refractivity contribution in [2.45, 2.75) is 24.9 Å². The molecule has 7 nitrogen and oxygen atoms in total. The van der Waals surface area contributed by atoms with Gasteiger partial charge in [-0.3, -0.25) is 14.4 Å². The van der Waals surface area contributed by atoms with E-state index < -0.39 is 6.04 Å². The number of nitrogens with zero attached hydrogens (tertiary/aromatic N) is 1. The fourth-order valence-electron chi connectivity index (χ4n) is 2.30. The first-order valence-corrected chi connectivity index (χ1v) is 7.03. The van der Waals surface area contributed by atoms with E-state index in [1.54, 1.807) is 0 Å². The lowest BCUT2D eigenvalue weighted by Gasteiger charge is -2.34. The quantitative estimate of drug-likeness (QED) is 0.785. The number of pyridine rings is 1. The highest BCUT2D eigenvalue weighted by Crippen LogP contribution is 2.20. The SMILES string of the molecule is O=C(NC1CC1)C1COCCN1C(=O)c1ccc(=O)[nH]c1. The summed E-state index contributed by atoms with van der Waals surface area (Å²) in [4.78, 5) is 39.7. The van der Waals surface area contributed by atoms with Crippen LogP contribution in [-0.4, -0.2) is 53.5 Å². The maximum absolute atomic E-state index is 12.5. The van der Waals surface area contributed by atoms with Gasteiger partial charge in [0.25, 0.3) is 5.91 Å². The number of rotatable bonds is 3. The number of hydrogen-bond donors (Lipinski definition) is 2. The third-order valence-corrected chi connectivity index (χ3v) is 3.65. The fourth-order valence-corrected chi connectivity index (χ4v) is 2.30. The first-order valence-electron chi connectivity index (χ1n) is 7.03. The molecule has 112 valence electrons. The van der Waals surface area contributed by atoms with Gasteiger partial charge in [0.15, 0.2) is 0 Å². The number of aromatic nitrogens is 1. The van der Waals surface area contributed by atoms with Crippen LogP contribution in [0.5, 0.6) is 0 Å². The molecule has 1 aliphatic carbocycles. The van der Waals surface area contributed by atoms with Gasteiger partial charge in [-0.15, -0.1) is 0 Å². The molecule has 1 aliphatic heterocycles. The number of carbonyl (C=O) groups is 2. The lowest BCUT2D eigenvalue weighted by atomic mass is 10.1. The van der Waals surface area contributed by atoms with Crippen molar-refractivity contribution in [3.63, 3.8) is 0 Å². The van der Waals surface area contributed by atoms with E-state index >= 15 is 0 Å². The van der Waals surface area contributed by atoms with E-state index in [4.69, 9.17) is 4.74 Å². The second-order valence-electron chi connectivity index (χ2n) is 5.31. The van der Waals surface area contributed by atoms with Crippen molar-refractivity contribution in [2.24, 2.45) is 0 Å². The van der Waals surface area contributed by atoms with Crippen molar-refractivity contribution in [3.05, 3.63) is 34.2 Å². The summed E-state index contributed by atoms with van der Waals surface area (Å²) in [5, 5.41) is 2.90. The molecule has 1 saturated heterocycles. The minimum Gasteiger partial charge on any atom is -0.377 e. The molecule has 1 saturated carbocycles. The number of hydrogen-bond acceptors (Lipinski definition) is 4. The molecule has 21 heavy (non-hydrogen) atoms.